The highest BCUT2D eigenvalue weighted by Gasteiger charge is 2.15. The van der Waals surface area contributed by atoms with E-state index < -0.39 is 0 Å². The van der Waals surface area contributed by atoms with E-state index in [0.29, 0.717) is 21.4 Å². The molecule has 2 aromatic rings. The van der Waals surface area contributed by atoms with Gasteiger partial charge in [0.05, 0.1) is 27.0 Å². The molecule has 1 amide bonds. The van der Waals surface area contributed by atoms with Crippen LogP contribution in [0.4, 0.5) is 0 Å². The van der Waals surface area contributed by atoms with E-state index in [1.807, 2.05) is 13.8 Å². The molecule has 0 aliphatic heterocycles. The summed E-state index contributed by atoms with van der Waals surface area (Å²) in [4.78, 5) is 16.3. The molecule has 20 heavy (non-hydrogen) atoms. The second-order valence-electron chi connectivity index (χ2n) is 4.73. The van der Waals surface area contributed by atoms with Crippen LogP contribution in [0.1, 0.15) is 19.7 Å². The van der Waals surface area contributed by atoms with Gasteiger partial charge in [-0.25, -0.2) is 4.98 Å². The lowest BCUT2D eigenvalue weighted by molar-refractivity contribution is -0.122. The Labute approximate surface area is 132 Å². The molecule has 1 aromatic carbocycles. The lowest BCUT2D eigenvalue weighted by atomic mass is 10.3. The van der Waals surface area contributed by atoms with Crippen molar-refractivity contribution in [2.24, 2.45) is 0 Å². The van der Waals surface area contributed by atoms with E-state index in [2.05, 4.69) is 10.3 Å². The number of amides is 1. The van der Waals surface area contributed by atoms with Crippen molar-refractivity contribution in [3.05, 3.63) is 28.0 Å². The van der Waals surface area contributed by atoms with Gasteiger partial charge in [0, 0.05) is 6.04 Å². The molecule has 0 radical (unpaired) electrons. The summed E-state index contributed by atoms with van der Waals surface area (Å²) < 4.78 is 1.75. The molecule has 0 saturated carbocycles. The van der Waals surface area contributed by atoms with E-state index >= 15 is 0 Å². The molecule has 0 aliphatic carbocycles. The lowest BCUT2D eigenvalue weighted by Gasteiger charge is -2.11. The standard InChI is InChI=1S/C13H14Cl3N3O/c1-7(2)17-13(20)6-19-11-4-9(16)8(15)3-10(11)18-12(19)5-14/h3-4,7H,5-6H2,1-2H3,(H,17,20). The van der Waals surface area contributed by atoms with Gasteiger partial charge in [-0.15, -0.1) is 11.6 Å². The third kappa shape index (κ3) is 3.19. The van der Waals surface area contributed by atoms with Crippen LogP contribution in [0.3, 0.4) is 0 Å². The lowest BCUT2D eigenvalue weighted by Crippen LogP contribution is -2.33. The number of rotatable bonds is 4. The van der Waals surface area contributed by atoms with Gasteiger partial charge < -0.3 is 9.88 Å². The predicted octanol–water partition coefficient (Wildman–Crippen LogP) is 3.61. The quantitative estimate of drug-likeness (QED) is 0.868. The average molecular weight is 335 g/mol. The topological polar surface area (TPSA) is 46.9 Å². The van der Waals surface area contributed by atoms with E-state index in [1.54, 1.807) is 16.7 Å². The second-order valence-corrected chi connectivity index (χ2v) is 5.81. The monoisotopic (exact) mass is 333 g/mol. The highest BCUT2D eigenvalue weighted by molar-refractivity contribution is 6.42. The maximum absolute atomic E-state index is 11.9. The van der Waals surface area contributed by atoms with E-state index in [-0.39, 0.29) is 24.4 Å². The normalized spacial score (nSPS) is 11.3. The smallest absolute Gasteiger partial charge is 0.240 e. The molecule has 108 valence electrons. The predicted molar refractivity (Wildman–Crippen MR) is 82.6 cm³/mol. The van der Waals surface area contributed by atoms with E-state index in [4.69, 9.17) is 34.8 Å². The van der Waals surface area contributed by atoms with Gasteiger partial charge in [-0.2, -0.15) is 0 Å². The maximum atomic E-state index is 11.9. The molecule has 1 N–H and O–H groups in total. The molecule has 1 heterocycles. The number of nitrogens with one attached hydrogen (secondary N) is 1. The highest BCUT2D eigenvalue weighted by atomic mass is 35.5. The third-order valence-electron chi connectivity index (χ3n) is 2.74. The van der Waals surface area contributed by atoms with Crippen molar-refractivity contribution >= 4 is 51.7 Å². The second kappa shape index (κ2) is 6.20. The number of fused-ring (bicyclic) bond motifs is 1. The number of imidazole rings is 1. The number of benzene rings is 1. The zero-order valence-electron chi connectivity index (χ0n) is 11.1. The first-order valence-corrected chi connectivity index (χ1v) is 7.41. The molecule has 4 nitrogen and oxygen atoms in total. The Morgan fingerprint density at radius 1 is 1.35 bits per heavy atom. The van der Waals surface area contributed by atoms with E-state index in [1.165, 1.54) is 0 Å². The van der Waals surface area contributed by atoms with Crippen molar-refractivity contribution in [3.63, 3.8) is 0 Å². The Hall–Kier alpha value is -0.970. The molecule has 2 rings (SSSR count). The van der Waals surface area contributed by atoms with Gasteiger partial charge in [0.2, 0.25) is 5.91 Å². The summed E-state index contributed by atoms with van der Waals surface area (Å²) in [6.07, 6.45) is 0. The van der Waals surface area contributed by atoms with Crippen LogP contribution in [0.5, 0.6) is 0 Å². The zero-order chi connectivity index (χ0) is 14.9. The van der Waals surface area contributed by atoms with Crippen molar-refractivity contribution in [2.75, 3.05) is 0 Å². The minimum atomic E-state index is -0.100. The van der Waals surface area contributed by atoms with Crippen LogP contribution in [0.15, 0.2) is 12.1 Å². The molecule has 0 atom stereocenters. The zero-order valence-corrected chi connectivity index (χ0v) is 13.4. The summed E-state index contributed by atoms with van der Waals surface area (Å²) in [5, 5.41) is 3.68. The molecule has 1 aromatic heterocycles. The van der Waals surface area contributed by atoms with Gasteiger partial charge in [-0.3, -0.25) is 4.79 Å². The van der Waals surface area contributed by atoms with Crippen molar-refractivity contribution in [2.45, 2.75) is 32.3 Å². The Morgan fingerprint density at radius 2 is 2.00 bits per heavy atom. The number of nitrogens with zero attached hydrogens (tertiary/aromatic N) is 2. The SMILES string of the molecule is CC(C)NC(=O)Cn1c(CCl)nc2cc(Cl)c(Cl)cc21. The number of hydrogen-bond acceptors (Lipinski definition) is 2. The summed E-state index contributed by atoms with van der Waals surface area (Å²) >= 11 is 17.9. The van der Waals surface area contributed by atoms with Gasteiger partial charge in [0.15, 0.2) is 0 Å². The fourth-order valence-electron chi connectivity index (χ4n) is 1.96. The number of halogens is 3. The number of aromatic nitrogens is 2. The summed E-state index contributed by atoms with van der Waals surface area (Å²) in [6.45, 7) is 3.96. The molecular formula is C13H14Cl3N3O. The van der Waals surface area contributed by atoms with Gasteiger partial charge in [0.25, 0.3) is 0 Å². The van der Waals surface area contributed by atoms with Crippen LogP contribution in [-0.4, -0.2) is 21.5 Å². The van der Waals surface area contributed by atoms with Gasteiger partial charge >= 0.3 is 0 Å². The highest BCUT2D eigenvalue weighted by Crippen LogP contribution is 2.28. The fraction of sp³-hybridized carbons (Fsp3) is 0.385. The van der Waals surface area contributed by atoms with Crippen LogP contribution in [0.25, 0.3) is 11.0 Å². The first-order chi connectivity index (χ1) is 9.42. The van der Waals surface area contributed by atoms with Gasteiger partial charge in [-0.1, -0.05) is 23.2 Å². The van der Waals surface area contributed by atoms with Crippen molar-refractivity contribution < 1.29 is 4.79 Å². The first kappa shape index (κ1) is 15.4. The fourth-order valence-corrected chi connectivity index (χ4v) is 2.48. The molecule has 0 aliphatic rings. The van der Waals surface area contributed by atoms with Crippen LogP contribution in [0, 0.1) is 0 Å². The molecule has 0 fully saturated rings. The van der Waals surface area contributed by atoms with Crippen LogP contribution in [0.2, 0.25) is 10.0 Å². The summed E-state index contributed by atoms with van der Waals surface area (Å²) in [7, 11) is 0. The first-order valence-electron chi connectivity index (χ1n) is 6.12. The van der Waals surface area contributed by atoms with Crippen LogP contribution < -0.4 is 5.32 Å². The minimum absolute atomic E-state index is 0.0785. The van der Waals surface area contributed by atoms with Crippen molar-refractivity contribution in [3.8, 4) is 0 Å². The number of hydrogen-bond donors (Lipinski definition) is 1. The number of carbonyl (C=O) groups is 1. The molecule has 0 bridgehead atoms. The third-order valence-corrected chi connectivity index (χ3v) is 3.70. The van der Waals surface area contributed by atoms with Crippen molar-refractivity contribution in [1.82, 2.24) is 14.9 Å². The van der Waals surface area contributed by atoms with Gasteiger partial charge in [0.1, 0.15) is 12.4 Å². The van der Waals surface area contributed by atoms with E-state index in [9.17, 15) is 4.79 Å². The molecule has 7 heteroatoms. The Morgan fingerprint density at radius 3 is 2.60 bits per heavy atom. The maximum Gasteiger partial charge on any atom is 0.240 e. The van der Waals surface area contributed by atoms with E-state index in [0.717, 1.165) is 5.52 Å². The van der Waals surface area contributed by atoms with Crippen LogP contribution in [-0.2, 0) is 17.2 Å². The average Bonchev–Trinajstić information content (AvgIpc) is 2.67. The minimum Gasteiger partial charge on any atom is -0.352 e. The summed E-state index contributed by atoms with van der Waals surface area (Å²) in [6, 6.07) is 3.45. The molecule has 0 saturated heterocycles. The van der Waals surface area contributed by atoms with Gasteiger partial charge in [-0.05, 0) is 26.0 Å². The van der Waals surface area contributed by atoms with Crippen molar-refractivity contribution in [1.29, 1.82) is 0 Å². The molecule has 0 unspecified atom stereocenters. The summed E-state index contributed by atoms with van der Waals surface area (Å²) in [5.41, 5.74) is 1.42. The largest absolute Gasteiger partial charge is 0.352 e. The Balaban J connectivity index is 2.45. The summed E-state index contributed by atoms with van der Waals surface area (Å²) in [5.74, 6) is 0.717. The number of carbonyl (C=O) groups excluding carboxylic acids is 1. The molecular weight excluding hydrogens is 321 g/mol. The molecule has 0 spiro atoms. The number of alkyl halides is 1. The van der Waals surface area contributed by atoms with Crippen LogP contribution >= 0.6 is 34.8 Å². The Bertz CT molecular complexity index is 652. The Kier molecular flexibility index (Phi) is 4.78.